The van der Waals surface area contributed by atoms with Crippen molar-refractivity contribution in [2.24, 2.45) is 0 Å². The van der Waals surface area contributed by atoms with E-state index in [1.54, 1.807) is 6.08 Å². The molecule has 0 saturated carbocycles. The molecule has 2 atom stereocenters. The second-order valence-corrected chi connectivity index (χ2v) is 9.43. The van der Waals surface area contributed by atoms with Crippen LogP contribution in [-0.2, 0) is 4.79 Å². The predicted molar refractivity (Wildman–Crippen MR) is 165 cm³/mol. The van der Waals surface area contributed by atoms with Gasteiger partial charge in [-0.25, -0.2) is 0 Å². The molecular weight excluding hydrogens is 470 g/mol. The Labute approximate surface area is 233 Å². The lowest BCUT2D eigenvalue weighted by Gasteiger charge is -2.19. The van der Waals surface area contributed by atoms with Crippen LogP contribution in [-0.4, -0.2) is 34.9 Å². The van der Waals surface area contributed by atoms with E-state index >= 15 is 0 Å². The number of carbonyl (C=O) groups excluding carboxylic acids is 1. The van der Waals surface area contributed by atoms with Gasteiger partial charge in [-0.1, -0.05) is 112 Å². The number of carbonyl (C=O) groups is 1. The van der Waals surface area contributed by atoms with Crippen molar-refractivity contribution in [3.63, 3.8) is 0 Å². The van der Waals surface area contributed by atoms with Gasteiger partial charge in [-0.3, -0.25) is 4.79 Å². The van der Waals surface area contributed by atoms with Gasteiger partial charge >= 0.3 is 0 Å². The van der Waals surface area contributed by atoms with E-state index in [1.165, 1.54) is 6.42 Å². The first kappa shape index (κ1) is 35.6. The highest BCUT2D eigenvalue weighted by Gasteiger charge is 2.17. The smallest absolute Gasteiger partial charge is 0.220 e. The highest BCUT2D eigenvalue weighted by atomic mass is 16.3. The van der Waals surface area contributed by atoms with Crippen molar-refractivity contribution in [1.29, 1.82) is 0 Å². The molecule has 0 bridgehead atoms. The second kappa shape index (κ2) is 29.1. The average Bonchev–Trinajstić information content (AvgIpc) is 2.92. The van der Waals surface area contributed by atoms with E-state index in [2.05, 4.69) is 92.1 Å². The number of hydrogen-bond donors (Lipinski definition) is 3. The van der Waals surface area contributed by atoms with Crippen molar-refractivity contribution in [3.05, 3.63) is 85.1 Å². The zero-order valence-electron chi connectivity index (χ0n) is 24.1. The van der Waals surface area contributed by atoms with E-state index in [4.69, 9.17) is 0 Å². The summed E-state index contributed by atoms with van der Waals surface area (Å²) in [6, 6.07) is -0.645. The highest BCUT2D eigenvalue weighted by Crippen LogP contribution is 2.05. The average molecular weight is 526 g/mol. The largest absolute Gasteiger partial charge is 0.394 e. The number of hydrogen-bond acceptors (Lipinski definition) is 3. The van der Waals surface area contributed by atoms with Gasteiger partial charge < -0.3 is 15.5 Å². The van der Waals surface area contributed by atoms with Crippen LogP contribution in [0.2, 0.25) is 0 Å². The van der Waals surface area contributed by atoms with Crippen molar-refractivity contribution in [1.82, 2.24) is 5.32 Å². The third kappa shape index (κ3) is 25.2. The minimum absolute atomic E-state index is 0.120. The first-order valence-electron chi connectivity index (χ1n) is 14.8. The van der Waals surface area contributed by atoms with Gasteiger partial charge in [0.2, 0.25) is 5.91 Å². The zero-order chi connectivity index (χ0) is 27.9. The summed E-state index contributed by atoms with van der Waals surface area (Å²) in [5.41, 5.74) is 0. The van der Waals surface area contributed by atoms with Gasteiger partial charge in [0.25, 0.3) is 0 Å². The molecule has 0 aromatic rings. The summed E-state index contributed by atoms with van der Waals surface area (Å²) in [5.74, 6) is -0.120. The predicted octanol–water partition coefficient (Wildman–Crippen LogP) is 8.22. The van der Waals surface area contributed by atoms with Gasteiger partial charge in [-0.15, -0.1) is 0 Å². The normalized spacial score (nSPS) is 14.5. The number of aliphatic hydroxyl groups excluding tert-OH is 2. The van der Waals surface area contributed by atoms with Crippen molar-refractivity contribution >= 4 is 5.91 Å². The van der Waals surface area contributed by atoms with Crippen LogP contribution in [0.15, 0.2) is 85.1 Å². The molecule has 0 aromatic carbocycles. The van der Waals surface area contributed by atoms with Crippen molar-refractivity contribution in [2.45, 2.75) is 116 Å². The number of allylic oxidation sites excluding steroid dienone is 13. The molecule has 0 aromatic heterocycles. The molecule has 0 aliphatic heterocycles. The van der Waals surface area contributed by atoms with Gasteiger partial charge in [0, 0.05) is 6.42 Å². The number of nitrogens with one attached hydrogen (secondary N) is 1. The van der Waals surface area contributed by atoms with Gasteiger partial charge in [0.15, 0.2) is 0 Å². The molecular formula is C34H55NO3. The molecule has 1 amide bonds. The van der Waals surface area contributed by atoms with E-state index in [0.29, 0.717) is 6.42 Å². The molecule has 214 valence electrons. The maximum absolute atomic E-state index is 12.1. The highest BCUT2D eigenvalue weighted by molar-refractivity contribution is 5.76. The molecule has 2 unspecified atom stereocenters. The zero-order valence-corrected chi connectivity index (χ0v) is 24.1. The summed E-state index contributed by atoms with van der Waals surface area (Å²) in [7, 11) is 0. The molecule has 3 N–H and O–H groups in total. The molecule has 38 heavy (non-hydrogen) atoms. The first-order valence-corrected chi connectivity index (χ1v) is 14.8. The van der Waals surface area contributed by atoms with E-state index in [1.807, 2.05) is 6.08 Å². The fraction of sp³-hybridized carbons (Fsp3) is 0.559. The summed E-state index contributed by atoms with van der Waals surface area (Å²) in [6.45, 7) is 4.03. The Kier molecular flexibility index (Phi) is 27.3. The van der Waals surface area contributed by atoms with Gasteiger partial charge in [0.05, 0.1) is 18.8 Å². The summed E-state index contributed by atoms with van der Waals surface area (Å²) >= 11 is 0. The molecule has 0 saturated heterocycles. The Hall–Kier alpha value is -2.43. The lowest BCUT2D eigenvalue weighted by Crippen LogP contribution is -2.45. The molecule has 0 radical (unpaired) electrons. The molecule has 0 rings (SSSR count). The molecule has 0 aliphatic rings. The van der Waals surface area contributed by atoms with Crippen LogP contribution >= 0.6 is 0 Å². The minimum atomic E-state index is -0.857. The van der Waals surface area contributed by atoms with Crippen LogP contribution in [0.5, 0.6) is 0 Å². The molecule has 0 heterocycles. The molecule has 4 nitrogen and oxygen atoms in total. The summed E-state index contributed by atoms with van der Waals surface area (Å²) in [5, 5.41) is 22.4. The maximum atomic E-state index is 12.1. The summed E-state index contributed by atoms with van der Waals surface area (Å²) in [4.78, 5) is 12.1. The molecule has 0 fully saturated rings. The third-order valence-electron chi connectivity index (χ3n) is 5.88. The Bertz CT molecular complexity index is 743. The third-order valence-corrected chi connectivity index (χ3v) is 5.88. The standard InChI is InChI=1S/C34H55NO3/c1-3-5-7-9-10-11-12-13-14-15-16-17-18-19-20-21-22-23-24-26-28-30-34(38)35-32(31-36)33(37)29-27-25-8-6-4-2/h5,7,10-11,13-14,16-17,19-20,22-23,27,29,32-33,36-37H,3-4,6,8-9,12,15,18,21,24-26,28,30-31H2,1-2H3,(H,35,38)/b7-5-,11-10-,14-13-,17-16-,20-19-,23-22-,29-27+. The van der Waals surface area contributed by atoms with Crippen LogP contribution < -0.4 is 5.32 Å². The quantitative estimate of drug-likeness (QED) is 0.0878. The topological polar surface area (TPSA) is 69.6 Å². The van der Waals surface area contributed by atoms with E-state index in [0.717, 1.165) is 77.0 Å². The fourth-order valence-electron chi connectivity index (χ4n) is 3.59. The molecule has 4 heteroatoms. The van der Waals surface area contributed by atoms with Crippen molar-refractivity contribution in [3.8, 4) is 0 Å². The maximum Gasteiger partial charge on any atom is 0.220 e. The van der Waals surface area contributed by atoms with E-state index in [-0.39, 0.29) is 12.5 Å². The number of unbranched alkanes of at least 4 members (excludes halogenated alkanes) is 5. The minimum Gasteiger partial charge on any atom is -0.394 e. The Morgan fingerprint density at radius 2 is 1.13 bits per heavy atom. The Morgan fingerprint density at radius 1 is 0.658 bits per heavy atom. The first-order chi connectivity index (χ1) is 18.7. The van der Waals surface area contributed by atoms with Crippen molar-refractivity contribution < 1.29 is 15.0 Å². The summed E-state index contributed by atoms with van der Waals surface area (Å²) in [6.07, 6.45) is 42.5. The van der Waals surface area contributed by atoms with E-state index < -0.39 is 12.1 Å². The lowest BCUT2D eigenvalue weighted by molar-refractivity contribution is -0.123. The monoisotopic (exact) mass is 525 g/mol. The molecule has 0 aliphatic carbocycles. The Morgan fingerprint density at radius 3 is 1.63 bits per heavy atom. The fourth-order valence-corrected chi connectivity index (χ4v) is 3.59. The van der Waals surface area contributed by atoms with Gasteiger partial charge in [-0.05, 0) is 70.6 Å². The molecule has 0 spiro atoms. The van der Waals surface area contributed by atoms with Crippen LogP contribution in [0.1, 0.15) is 104 Å². The Balaban J connectivity index is 3.79. The number of amides is 1. The van der Waals surface area contributed by atoms with Gasteiger partial charge in [0.1, 0.15) is 0 Å². The number of rotatable bonds is 24. The number of aliphatic hydroxyl groups is 2. The van der Waals surface area contributed by atoms with Crippen LogP contribution in [0, 0.1) is 0 Å². The van der Waals surface area contributed by atoms with Crippen LogP contribution in [0.25, 0.3) is 0 Å². The van der Waals surface area contributed by atoms with Crippen molar-refractivity contribution in [2.75, 3.05) is 6.61 Å². The van der Waals surface area contributed by atoms with Crippen LogP contribution in [0.3, 0.4) is 0 Å². The van der Waals surface area contributed by atoms with Crippen LogP contribution in [0.4, 0.5) is 0 Å². The summed E-state index contributed by atoms with van der Waals surface area (Å²) < 4.78 is 0. The second-order valence-electron chi connectivity index (χ2n) is 9.43. The lowest BCUT2D eigenvalue weighted by atomic mass is 10.1. The van der Waals surface area contributed by atoms with Gasteiger partial charge in [-0.2, -0.15) is 0 Å². The SMILES string of the molecule is CC/C=C\C/C=C\C/C=C\C/C=C\C/C=C\C/C=C\CCCCC(=O)NC(CO)C(O)/C=C/CCCCC. The van der Waals surface area contributed by atoms with E-state index in [9.17, 15) is 15.0 Å².